The van der Waals surface area contributed by atoms with Crippen LogP contribution in [0.15, 0.2) is 37.1 Å². The first-order valence-corrected chi connectivity index (χ1v) is 7.84. The number of carbonyl (C=O) groups excluding carboxylic acids is 1. The van der Waals surface area contributed by atoms with Crippen molar-refractivity contribution in [2.24, 2.45) is 0 Å². The van der Waals surface area contributed by atoms with Crippen molar-refractivity contribution in [1.29, 1.82) is 0 Å². The zero-order valence-electron chi connectivity index (χ0n) is 13.1. The van der Waals surface area contributed by atoms with Crippen molar-refractivity contribution >= 4 is 11.9 Å². The fraction of sp³-hybridized carbons (Fsp3) is 0.438. The third-order valence-electron chi connectivity index (χ3n) is 4.54. The number of hydrogen-bond acceptors (Lipinski definition) is 4. The van der Waals surface area contributed by atoms with Crippen molar-refractivity contribution in [3.63, 3.8) is 0 Å². The second-order valence-electron chi connectivity index (χ2n) is 6.09. The van der Waals surface area contributed by atoms with E-state index in [2.05, 4.69) is 9.97 Å². The summed E-state index contributed by atoms with van der Waals surface area (Å²) >= 11 is 0. The van der Waals surface area contributed by atoms with E-state index in [1.54, 1.807) is 17.4 Å². The lowest BCUT2D eigenvalue weighted by Gasteiger charge is -2.37. The summed E-state index contributed by atoms with van der Waals surface area (Å²) in [4.78, 5) is 32.7. The van der Waals surface area contributed by atoms with E-state index >= 15 is 0 Å². The van der Waals surface area contributed by atoms with Crippen molar-refractivity contribution in [2.75, 3.05) is 13.1 Å². The number of rotatable bonds is 5. The van der Waals surface area contributed by atoms with E-state index in [1.165, 1.54) is 0 Å². The molecule has 0 aromatic carbocycles. The normalized spacial score (nSPS) is 18.3. The van der Waals surface area contributed by atoms with Gasteiger partial charge >= 0.3 is 5.97 Å². The van der Waals surface area contributed by atoms with E-state index in [-0.39, 0.29) is 31.8 Å². The molecule has 1 atom stereocenters. The van der Waals surface area contributed by atoms with Crippen LogP contribution in [0.4, 0.5) is 0 Å². The molecular formula is C16H20N4O4. The first-order valence-electron chi connectivity index (χ1n) is 7.84. The number of likely N-dealkylation sites (tertiary alicyclic amines) is 1. The highest BCUT2D eigenvalue weighted by atomic mass is 16.4. The van der Waals surface area contributed by atoms with Crippen LogP contribution in [-0.4, -0.2) is 60.2 Å². The number of aliphatic hydroxyl groups is 1. The zero-order chi connectivity index (χ0) is 17.2. The minimum atomic E-state index is -1.73. The number of hydrogen-bond donors (Lipinski definition) is 3. The van der Waals surface area contributed by atoms with Gasteiger partial charge in [-0.1, -0.05) is 0 Å². The molecule has 0 spiro atoms. The first-order chi connectivity index (χ1) is 11.5. The molecular weight excluding hydrogens is 312 g/mol. The summed E-state index contributed by atoms with van der Waals surface area (Å²) in [5.41, 5.74) is -0.885. The third kappa shape index (κ3) is 3.18. The highest BCUT2D eigenvalue weighted by molar-refractivity contribution is 5.82. The van der Waals surface area contributed by atoms with Crippen molar-refractivity contribution in [1.82, 2.24) is 19.4 Å². The number of aromatic nitrogens is 3. The average Bonchev–Trinajstić information content (AvgIpc) is 3.26. The molecule has 2 aromatic heterocycles. The molecule has 1 aliphatic heterocycles. The number of carboxylic acid groups (broad SMARTS) is 1. The minimum absolute atomic E-state index is 0.0382. The van der Waals surface area contributed by atoms with Gasteiger partial charge in [-0.2, -0.15) is 0 Å². The van der Waals surface area contributed by atoms with Gasteiger partial charge in [0.15, 0.2) is 5.60 Å². The lowest BCUT2D eigenvalue weighted by molar-refractivity contribution is -0.165. The van der Waals surface area contributed by atoms with Gasteiger partial charge in [0.05, 0.1) is 6.33 Å². The number of piperidine rings is 1. The van der Waals surface area contributed by atoms with Crippen LogP contribution in [0.3, 0.4) is 0 Å². The molecule has 3 rings (SSSR count). The van der Waals surface area contributed by atoms with E-state index < -0.39 is 17.6 Å². The summed E-state index contributed by atoms with van der Waals surface area (Å²) in [6.07, 6.45) is 7.46. The average molecular weight is 332 g/mol. The molecule has 8 heteroatoms. The Hall–Kier alpha value is -2.61. The van der Waals surface area contributed by atoms with E-state index in [0.29, 0.717) is 6.42 Å². The summed E-state index contributed by atoms with van der Waals surface area (Å²) < 4.78 is 1.83. The van der Waals surface area contributed by atoms with Gasteiger partial charge in [0.2, 0.25) is 5.91 Å². The lowest BCUT2D eigenvalue weighted by Crippen LogP contribution is -2.52. The van der Waals surface area contributed by atoms with Crippen LogP contribution in [0.5, 0.6) is 0 Å². The van der Waals surface area contributed by atoms with Gasteiger partial charge in [0.1, 0.15) is 6.04 Å². The molecule has 2 aromatic rings. The number of aromatic amines is 1. The molecule has 1 saturated heterocycles. The smallest absolute Gasteiger partial charge is 0.335 e. The Morgan fingerprint density at radius 1 is 1.29 bits per heavy atom. The topological polar surface area (TPSA) is 111 Å². The molecule has 1 unspecified atom stereocenters. The Labute approximate surface area is 138 Å². The highest BCUT2D eigenvalue weighted by Gasteiger charge is 2.41. The van der Waals surface area contributed by atoms with Crippen molar-refractivity contribution < 1.29 is 19.8 Å². The van der Waals surface area contributed by atoms with E-state index in [4.69, 9.17) is 5.11 Å². The summed E-state index contributed by atoms with van der Waals surface area (Å²) in [7, 11) is 0. The predicted octanol–water partition coefficient (Wildman–Crippen LogP) is 0.433. The van der Waals surface area contributed by atoms with E-state index in [0.717, 1.165) is 5.69 Å². The lowest BCUT2D eigenvalue weighted by atomic mass is 9.91. The summed E-state index contributed by atoms with van der Waals surface area (Å²) in [5.74, 6) is -1.32. The largest absolute Gasteiger partial charge is 0.479 e. The molecule has 0 bridgehead atoms. The highest BCUT2D eigenvalue weighted by Crippen LogP contribution is 2.25. The van der Waals surface area contributed by atoms with Gasteiger partial charge in [-0.25, -0.2) is 9.78 Å². The fourth-order valence-electron chi connectivity index (χ4n) is 3.00. The molecule has 1 aliphatic rings. The number of nitrogens with one attached hydrogen (secondary N) is 1. The predicted molar refractivity (Wildman–Crippen MR) is 84.2 cm³/mol. The molecule has 1 amide bonds. The van der Waals surface area contributed by atoms with Gasteiger partial charge in [0.25, 0.3) is 0 Å². The van der Waals surface area contributed by atoms with Crippen LogP contribution in [0.25, 0.3) is 0 Å². The monoisotopic (exact) mass is 332 g/mol. The van der Waals surface area contributed by atoms with Gasteiger partial charge in [0, 0.05) is 56.6 Å². The van der Waals surface area contributed by atoms with Gasteiger partial charge < -0.3 is 24.7 Å². The molecule has 1 fully saturated rings. The quantitative estimate of drug-likeness (QED) is 0.735. The van der Waals surface area contributed by atoms with Crippen LogP contribution < -0.4 is 0 Å². The number of carboxylic acids is 1. The summed E-state index contributed by atoms with van der Waals surface area (Å²) in [5, 5.41) is 19.1. The third-order valence-corrected chi connectivity index (χ3v) is 4.54. The number of carbonyl (C=O) groups is 2. The second-order valence-corrected chi connectivity index (χ2v) is 6.09. The fourth-order valence-corrected chi connectivity index (χ4v) is 3.00. The minimum Gasteiger partial charge on any atom is -0.479 e. The van der Waals surface area contributed by atoms with Crippen LogP contribution in [0.2, 0.25) is 0 Å². The second kappa shape index (κ2) is 6.48. The molecule has 0 saturated carbocycles. The van der Waals surface area contributed by atoms with Gasteiger partial charge in [-0.3, -0.25) is 4.79 Å². The maximum absolute atomic E-state index is 12.9. The summed E-state index contributed by atoms with van der Waals surface area (Å²) in [6, 6.07) is 3.27. The number of imidazole rings is 1. The van der Waals surface area contributed by atoms with Crippen LogP contribution in [-0.2, 0) is 16.0 Å². The van der Waals surface area contributed by atoms with Crippen molar-refractivity contribution in [2.45, 2.75) is 30.9 Å². The van der Waals surface area contributed by atoms with Crippen LogP contribution in [0, 0.1) is 0 Å². The zero-order valence-corrected chi connectivity index (χ0v) is 13.1. The van der Waals surface area contributed by atoms with Crippen LogP contribution >= 0.6 is 0 Å². The maximum atomic E-state index is 12.9. The van der Waals surface area contributed by atoms with Gasteiger partial charge in [-0.15, -0.1) is 0 Å². The SMILES string of the molecule is O=C(C(Cc1cnc[nH]1)n1cccc1)N1CCC(O)(C(=O)O)CC1. The van der Waals surface area contributed by atoms with E-state index in [9.17, 15) is 14.7 Å². The maximum Gasteiger partial charge on any atom is 0.335 e. The van der Waals surface area contributed by atoms with E-state index in [1.807, 2.05) is 29.1 Å². The number of nitrogens with zero attached hydrogens (tertiary/aromatic N) is 3. The van der Waals surface area contributed by atoms with Crippen LogP contribution in [0.1, 0.15) is 24.6 Å². The molecule has 0 radical (unpaired) electrons. The Balaban J connectivity index is 1.74. The Bertz CT molecular complexity index is 688. The number of amides is 1. The van der Waals surface area contributed by atoms with Gasteiger partial charge in [-0.05, 0) is 12.1 Å². The molecule has 3 N–H and O–H groups in total. The molecule has 3 heterocycles. The molecule has 128 valence electrons. The first kappa shape index (κ1) is 16.3. The summed E-state index contributed by atoms with van der Waals surface area (Å²) in [6.45, 7) is 0.449. The Morgan fingerprint density at radius 3 is 2.50 bits per heavy atom. The standard InChI is InChI=1S/C16H20N4O4/c21-14(20-7-3-16(24,4-8-20)15(22)23)13(19-5-1-2-6-19)9-12-10-17-11-18-12/h1-2,5-6,10-11,13,24H,3-4,7-9H2,(H,17,18)(H,22,23). The molecule has 24 heavy (non-hydrogen) atoms. The Kier molecular flexibility index (Phi) is 4.39. The Morgan fingerprint density at radius 2 is 1.96 bits per heavy atom. The van der Waals surface area contributed by atoms with Crippen molar-refractivity contribution in [3.05, 3.63) is 42.7 Å². The molecule has 0 aliphatic carbocycles. The number of aliphatic carboxylic acids is 1. The molecule has 8 nitrogen and oxygen atoms in total. The van der Waals surface area contributed by atoms with Crippen molar-refractivity contribution in [3.8, 4) is 0 Å². The number of H-pyrrole nitrogens is 1.